The summed E-state index contributed by atoms with van der Waals surface area (Å²) < 4.78 is 13.0. The molecule has 23 heavy (non-hydrogen) atoms. The van der Waals surface area contributed by atoms with Crippen LogP contribution >= 0.6 is 11.3 Å². The van der Waals surface area contributed by atoms with E-state index in [0.717, 1.165) is 23.1 Å². The Morgan fingerprint density at radius 2 is 1.96 bits per heavy atom. The summed E-state index contributed by atoms with van der Waals surface area (Å²) in [7, 11) is 0. The lowest BCUT2D eigenvalue weighted by atomic mass is 10.1. The van der Waals surface area contributed by atoms with Crippen molar-refractivity contribution in [1.82, 2.24) is 4.98 Å². The Morgan fingerprint density at radius 3 is 2.61 bits per heavy atom. The van der Waals surface area contributed by atoms with Crippen molar-refractivity contribution in [2.45, 2.75) is 25.8 Å². The molecule has 1 saturated heterocycles. The van der Waals surface area contributed by atoms with Crippen LogP contribution in [0.4, 0.5) is 20.0 Å². The van der Waals surface area contributed by atoms with E-state index in [4.69, 9.17) is 0 Å². The zero-order valence-electron chi connectivity index (χ0n) is 12.6. The van der Waals surface area contributed by atoms with Gasteiger partial charge in [0.2, 0.25) is 0 Å². The summed E-state index contributed by atoms with van der Waals surface area (Å²) >= 11 is 1.52. The van der Waals surface area contributed by atoms with Crippen LogP contribution in [0.2, 0.25) is 0 Å². The van der Waals surface area contributed by atoms with Crippen LogP contribution in [0.5, 0.6) is 0 Å². The van der Waals surface area contributed by atoms with Crippen molar-refractivity contribution in [3.8, 4) is 0 Å². The standard InChI is InChI=1S/C16H18FN3O2S/c17-12-4-6-13(7-5-12)20(16(21)22)11-14-10-18-15(23-14)19-8-2-1-3-9-19/h4-7,10H,1-3,8-9,11H2,(H,21,22). The van der Waals surface area contributed by atoms with Crippen LogP contribution in [0.3, 0.4) is 0 Å². The van der Waals surface area contributed by atoms with Crippen LogP contribution in [0.15, 0.2) is 30.5 Å². The van der Waals surface area contributed by atoms with E-state index in [1.807, 2.05) is 0 Å². The molecule has 2 aromatic rings. The molecular formula is C16H18FN3O2S. The van der Waals surface area contributed by atoms with Crippen molar-refractivity contribution in [2.24, 2.45) is 0 Å². The Balaban J connectivity index is 1.74. The summed E-state index contributed by atoms with van der Waals surface area (Å²) in [5, 5.41) is 10.4. The highest BCUT2D eigenvalue weighted by atomic mass is 32.1. The van der Waals surface area contributed by atoms with Gasteiger partial charge in [-0.25, -0.2) is 14.2 Å². The average molecular weight is 335 g/mol. The maximum atomic E-state index is 13.0. The predicted octanol–water partition coefficient (Wildman–Crippen LogP) is 3.96. The van der Waals surface area contributed by atoms with Gasteiger partial charge >= 0.3 is 6.09 Å². The van der Waals surface area contributed by atoms with Gasteiger partial charge in [0.15, 0.2) is 5.13 Å². The van der Waals surface area contributed by atoms with Gasteiger partial charge in [0.05, 0.1) is 6.54 Å². The average Bonchev–Trinajstić information content (AvgIpc) is 3.03. The molecule has 1 amide bonds. The molecule has 0 bridgehead atoms. The SMILES string of the molecule is O=C(O)N(Cc1cnc(N2CCCCC2)s1)c1ccc(F)cc1. The van der Waals surface area contributed by atoms with Crippen LogP contribution in [0.1, 0.15) is 24.1 Å². The zero-order chi connectivity index (χ0) is 16.2. The number of hydrogen-bond donors (Lipinski definition) is 1. The Labute approximate surface area is 138 Å². The van der Waals surface area contributed by atoms with Gasteiger partial charge in [-0.2, -0.15) is 0 Å². The largest absolute Gasteiger partial charge is 0.465 e. The number of aromatic nitrogens is 1. The Kier molecular flexibility index (Phi) is 4.76. The molecule has 0 aliphatic carbocycles. The second kappa shape index (κ2) is 6.95. The first-order chi connectivity index (χ1) is 11.1. The van der Waals surface area contributed by atoms with E-state index in [2.05, 4.69) is 9.88 Å². The Hall–Kier alpha value is -2.15. The number of rotatable bonds is 4. The number of carboxylic acid groups (broad SMARTS) is 1. The maximum absolute atomic E-state index is 13.0. The summed E-state index contributed by atoms with van der Waals surface area (Å²) in [5.74, 6) is -0.385. The molecular weight excluding hydrogens is 317 g/mol. The number of anilines is 2. The fraction of sp³-hybridized carbons (Fsp3) is 0.375. The Morgan fingerprint density at radius 1 is 1.26 bits per heavy atom. The fourth-order valence-corrected chi connectivity index (χ4v) is 3.60. The van der Waals surface area contributed by atoms with E-state index in [1.54, 1.807) is 6.20 Å². The number of amides is 1. The minimum absolute atomic E-state index is 0.215. The highest BCUT2D eigenvalue weighted by molar-refractivity contribution is 7.15. The third-order valence-corrected chi connectivity index (χ3v) is 4.89. The minimum Gasteiger partial charge on any atom is -0.465 e. The van der Waals surface area contributed by atoms with Crippen molar-refractivity contribution in [1.29, 1.82) is 0 Å². The molecule has 1 aliphatic heterocycles. The van der Waals surface area contributed by atoms with Gasteiger partial charge in [0.25, 0.3) is 0 Å². The lowest BCUT2D eigenvalue weighted by Gasteiger charge is -2.25. The van der Waals surface area contributed by atoms with E-state index in [-0.39, 0.29) is 12.4 Å². The number of hydrogen-bond acceptors (Lipinski definition) is 4. The van der Waals surface area contributed by atoms with Crippen molar-refractivity contribution >= 4 is 28.2 Å². The molecule has 0 unspecified atom stereocenters. The van der Waals surface area contributed by atoms with E-state index in [0.29, 0.717) is 5.69 Å². The van der Waals surface area contributed by atoms with Gasteiger partial charge in [-0.05, 0) is 43.5 Å². The maximum Gasteiger partial charge on any atom is 0.412 e. The summed E-state index contributed by atoms with van der Waals surface area (Å²) in [6, 6.07) is 5.46. The van der Waals surface area contributed by atoms with Gasteiger partial charge in [-0.15, -0.1) is 11.3 Å². The van der Waals surface area contributed by atoms with Gasteiger partial charge in [-0.1, -0.05) is 0 Å². The molecule has 0 atom stereocenters. The van der Waals surface area contributed by atoms with E-state index >= 15 is 0 Å². The number of carbonyl (C=O) groups is 1. The molecule has 1 N–H and O–H groups in total. The lowest BCUT2D eigenvalue weighted by molar-refractivity contribution is 0.201. The first-order valence-electron chi connectivity index (χ1n) is 7.59. The van der Waals surface area contributed by atoms with Crippen LogP contribution in [-0.2, 0) is 6.54 Å². The number of benzene rings is 1. The van der Waals surface area contributed by atoms with Gasteiger partial charge in [0, 0.05) is 29.9 Å². The number of nitrogens with zero attached hydrogens (tertiary/aromatic N) is 3. The normalized spacial score (nSPS) is 14.7. The van der Waals surface area contributed by atoms with E-state index in [1.165, 1.54) is 59.8 Å². The van der Waals surface area contributed by atoms with Crippen molar-refractivity contribution in [2.75, 3.05) is 22.9 Å². The third-order valence-electron chi connectivity index (χ3n) is 3.85. The van der Waals surface area contributed by atoms with E-state index in [9.17, 15) is 14.3 Å². The molecule has 1 fully saturated rings. The van der Waals surface area contributed by atoms with E-state index < -0.39 is 6.09 Å². The highest BCUT2D eigenvalue weighted by Gasteiger charge is 2.19. The van der Waals surface area contributed by atoms with Gasteiger partial charge < -0.3 is 10.0 Å². The molecule has 7 heteroatoms. The summed E-state index contributed by atoms with van der Waals surface area (Å²) in [6.45, 7) is 2.23. The number of piperidine rings is 1. The van der Waals surface area contributed by atoms with Crippen LogP contribution in [0.25, 0.3) is 0 Å². The second-order valence-electron chi connectivity index (χ2n) is 5.50. The molecule has 1 aliphatic rings. The predicted molar refractivity (Wildman–Crippen MR) is 88.8 cm³/mol. The monoisotopic (exact) mass is 335 g/mol. The second-order valence-corrected chi connectivity index (χ2v) is 6.60. The molecule has 3 rings (SSSR count). The van der Waals surface area contributed by atoms with Crippen LogP contribution in [-0.4, -0.2) is 29.3 Å². The van der Waals surface area contributed by atoms with Crippen molar-refractivity contribution in [3.63, 3.8) is 0 Å². The first kappa shape index (κ1) is 15.7. The molecule has 122 valence electrons. The topological polar surface area (TPSA) is 56.7 Å². The fourth-order valence-electron chi connectivity index (χ4n) is 2.65. The van der Waals surface area contributed by atoms with Gasteiger partial charge in [-0.3, -0.25) is 4.90 Å². The summed E-state index contributed by atoms with van der Waals surface area (Å²) in [5.41, 5.74) is 0.451. The Bertz CT molecular complexity index is 668. The quantitative estimate of drug-likeness (QED) is 0.919. The number of halogens is 1. The molecule has 2 heterocycles. The highest BCUT2D eigenvalue weighted by Crippen LogP contribution is 2.27. The lowest BCUT2D eigenvalue weighted by Crippen LogP contribution is -2.29. The molecule has 0 saturated carbocycles. The smallest absolute Gasteiger partial charge is 0.412 e. The third kappa shape index (κ3) is 3.79. The first-order valence-corrected chi connectivity index (χ1v) is 8.41. The molecule has 1 aromatic carbocycles. The minimum atomic E-state index is -1.07. The summed E-state index contributed by atoms with van der Waals surface area (Å²) in [4.78, 5) is 20.3. The molecule has 0 radical (unpaired) electrons. The zero-order valence-corrected chi connectivity index (χ0v) is 13.4. The van der Waals surface area contributed by atoms with Gasteiger partial charge in [0.1, 0.15) is 5.82 Å². The number of thiazole rings is 1. The summed E-state index contributed by atoms with van der Waals surface area (Å²) in [6.07, 6.45) is 4.27. The molecule has 1 aromatic heterocycles. The molecule has 0 spiro atoms. The van der Waals surface area contributed by atoms with Crippen molar-refractivity contribution < 1.29 is 14.3 Å². The van der Waals surface area contributed by atoms with Crippen LogP contribution < -0.4 is 9.80 Å². The van der Waals surface area contributed by atoms with Crippen molar-refractivity contribution in [3.05, 3.63) is 41.2 Å². The molecule has 5 nitrogen and oxygen atoms in total. The van der Waals surface area contributed by atoms with Crippen LogP contribution in [0, 0.1) is 5.82 Å².